The van der Waals surface area contributed by atoms with Crippen molar-refractivity contribution in [3.8, 4) is 5.75 Å². The lowest BCUT2D eigenvalue weighted by Crippen LogP contribution is -2.52. The predicted octanol–water partition coefficient (Wildman–Crippen LogP) is 1.85. The molecule has 0 aliphatic carbocycles. The molecule has 1 aromatic rings. The highest BCUT2D eigenvalue weighted by Gasteiger charge is 2.26. The summed E-state index contributed by atoms with van der Waals surface area (Å²) in [6.07, 6.45) is 0. The van der Waals surface area contributed by atoms with Crippen molar-refractivity contribution in [2.24, 2.45) is 0 Å². The number of benzene rings is 1. The number of nitrogens with zero attached hydrogens (tertiary/aromatic N) is 2. The molecule has 1 aliphatic rings. The zero-order valence-corrected chi connectivity index (χ0v) is 13.4. The molecule has 0 radical (unpaired) electrons. The van der Waals surface area contributed by atoms with Crippen molar-refractivity contribution in [3.05, 3.63) is 33.9 Å². The number of hydrogen-bond donors (Lipinski definition) is 1. The fourth-order valence-electron chi connectivity index (χ4n) is 2.38. The Balaban J connectivity index is 0.00000242. The number of rotatable bonds is 4. The Morgan fingerprint density at radius 3 is 2.86 bits per heavy atom. The van der Waals surface area contributed by atoms with Crippen LogP contribution < -0.4 is 10.1 Å². The first-order valence-corrected chi connectivity index (χ1v) is 6.97. The van der Waals surface area contributed by atoms with Gasteiger partial charge in [-0.3, -0.25) is 14.9 Å². The average Bonchev–Trinajstić information content (AvgIpc) is 2.47. The van der Waals surface area contributed by atoms with E-state index in [-0.39, 0.29) is 35.8 Å². The number of piperazine rings is 1. The van der Waals surface area contributed by atoms with E-state index in [0.29, 0.717) is 18.7 Å². The monoisotopic (exact) mass is 329 g/mol. The zero-order valence-electron chi connectivity index (χ0n) is 12.6. The molecule has 22 heavy (non-hydrogen) atoms. The maximum absolute atomic E-state index is 12.5. The van der Waals surface area contributed by atoms with E-state index >= 15 is 0 Å². The maximum Gasteiger partial charge on any atom is 0.311 e. The second-order valence-electron chi connectivity index (χ2n) is 4.92. The largest absolute Gasteiger partial charge is 0.487 e. The van der Waals surface area contributed by atoms with Gasteiger partial charge in [-0.15, -0.1) is 12.4 Å². The molecule has 1 atom stereocenters. The number of hydrogen-bond acceptors (Lipinski definition) is 5. The zero-order chi connectivity index (χ0) is 15.4. The molecule has 1 amide bonds. The highest BCUT2D eigenvalue weighted by atomic mass is 35.5. The van der Waals surface area contributed by atoms with E-state index in [9.17, 15) is 14.9 Å². The Morgan fingerprint density at radius 2 is 2.27 bits per heavy atom. The SMILES string of the molecule is CCOc1ccc(C(=O)N2CCNCC2C)cc1[N+](=O)[O-].Cl. The van der Waals surface area contributed by atoms with Crippen LogP contribution in [0.5, 0.6) is 5.75 Å². The Labute approximate surface area is 135 Å². The first-order chi connectivity index (χ1) is 10.0. The van der Waals surface area contributed by atoms with Crippen LogP contribution in [0.1, 0.15) is 24.2 Å². The summed E-state index contributed by atoms with van der Waals surface area (Å²) in [5.74, 6) is 0.00237. The molecule has 1 aromatic carbocycles. The standard InChI is InChI=1S/C14H19N3O4.ClH/c1-3-21-13-5-4-11(8-12(13)17(19)20)14(18)16-7-6-15-9-10(16)2;/h4-5,8,10,15H,3,6-7,9H2,1-2H3;1H. The fraction of sp³-hybridized carbons (Fsp3) is 0.500. The van der Waals surface area contributed by atoms with Crippen LogP contribution >= 0.6 is 12.4 Å². The smallest absolute Gasteiger partial charge is 0.311 e. The molecule has 1 heterocycles. The summed E-state index contributed by atoms with van der Waals surface area (Å²) in [7, 11) is 0. The van der Waals surface area contributed by atoms with E-state index in [1.807, 2.05) is 6.92 Å². The molecule has 1 N–H and O–H groups in total. The van der Waals surface area contributed by atoms with Gasteiger partial charge in [-0.25, -0.2) is 0 Å². The lowest BCUT2D eigenvalue weighted by Gasteiger charge is -2.34. The van der Waals surface area contributed by atoms with Crippen LogP contribution in [0.4, 0.5) is 5.69 Å². The van der Waals surface area contributed by atoms with E-state index in [1.54, 1.807) is 17.9 Å². The molecular formula is C14H20ClN3O4. The van der Waals surface area contributed by atoms with Gasteiger partial charge in [0.15, 0.2) is 5.75 Å². The average molecular weight is 330 g/mol. The summed E-state index contributed by atoms with van der Waals surface area (Å²) in [4.78, 5) is 24.8. The highest BCUT2D eigenvalue weighted by molar-refractivity contribution is 5.95. The third-order valence-electron chi connectivity index (χ3n) is 3.46. The van der Waals surface area contributed by atoms with Crippen molar-refractivity contribution in [2.45, 2.75) is 19.9 Å². The van der Waals surface area contributed by atoms with Crippen molar-refractivity contribution in [3.63, 3.8) is 0 Å². The van der Waals surface area contributed by atoms with Crippen molar-refractivity contribution in [1.82, 2.24) is 10.2 Å². The van der Waals surface area contributed by atoms with Gasteiger partial charge in [0.2, 0.25) is 0 Å². The number of nitrogens with one attached hydrogen (secondary N) is 1. The van der Waals surface area contributed by atoms with Gasteiger partial charge in [0, 0.05) is 37.3 Å². The van der Waals surface area contributed by atoms with Gasteiger partial charge in [-0.1, -0.05) is 0 Å². The lowest BCUT2D eigenvalue weighted by molar-refractivity contribution is -0.385. The number of amides is 1. The lowest BCUT2D eigenvalue weighted by atomic mass is 10.1. The number of carbonyl (C=O) groups excluding carboxylic acids is 1. The van der Waals surface area contributed by atoms with Crippen molar-refractivity contribution >= 4 is 24.0 Å². The summed E-state index contributed by atoms with van der Waals surface area (Å²) in [6.45, 7) is 6.10. The summed E-state index contributed by atoms with van der Waals surface area (Å²) in [6, 6.07) is 4.43. The van der Waals surface area contributed by atoms with Gasteiger partial charge in [-0.2, -0.15) is 0 Å². The van der Waals surface area contributed by atoms with Gasteiger partial charge < -0.3 is 15.0 Å². The first kappa shape index (κ1) is 18.2. The molecule has 0 bridgehead atoms. The minimum absolute atomic E-state index is 0. The maximum atomic E-state index is 12.5. The molecule has 1 saturated heterocycles. The Morgan fingerprint density at radius 1 is 1.55 bits per heavy atom. The molecule has 0 aromatic heterocycles. The number of halogens is 1. The van der Waals surface area contributed by atoms with Crippen LogP contribution in [0.15, 0.2) is 18.2 Å². The molecule has 1 unspecified atom stereocenters. The van der Waals surface area contributed by atoms with Crippen LogP contribution in [0.25, 0.3) is 0 Å². The first-order valence-electron chi connectivity index (χ1n) is 6.97. The van der Waals surface area contributed by atoms with Gasteiger partial charge in [0.25, 0.3) is 5.91 Å². The van der Waals surface area contributed by atoms with E-state index in [2.05, 4.69) is 5.32 Å². The molecule has 7 nitrogen and oxygen atoms in total. The van der Waals surface area contributed by atoms with Crippen LogP contribution in [0.3, 0.4) is 0 Å². The van der Waals surface area contributed by atoms with E-state index in [1.165, 1.54) is 12.1 Å². The number of nitro groups is 1. The third kappa shape index (κ3) is 3.86. The number of carbonyl (C=O) groups is 1. The van der Waals surface area contributed by atoms with Crippen molar-refractivity contribution in [1.29, 1.82) is 0 Å². The van der Waals surface area contributed by atoms with Crippen LogP contribution in [0.2, 0.25) is 0 Å². The quantitative estimate of drug-likeness (QED) is 0.673. The number of nitro benzene ring substituents is 1. The van der Waals surface area contributed by atoms with Crippen molar-refractivity contribution < 1.29 is 14.5 Å². The second kappa shape index (κ2) is 7.95. The van der Waals surface area contributed by atoms with Crippen LogP contribution in [0, 0.1) is 10.1 Å². The molecule has 0 spiro atoms. The molecule has 122 valence electrons. The molecule has 1 fully saturated rings. The van der Waals surface area contributed by atoms with E-state index in [0.717, 1.165) is 13.1 Å². The Hall–Kier alpha value is -1.86. The number of ether oxygens (including phenoxy) is 1. The fourth-order valence-corrected chi connectivity index (χ4v) is 2.38. The summed E-state index contributed by atoms with van der Waals surface area (Å²) < 4.78 is 5.22. The topological polar surface area (TPSA) is 84.7 Å². The Kier molecular flexibility index (Phi) is 6.58. The molecule has 2 rings (SSSR count). The van der Waals surface area contributed by atoms with Gasteiger partial charge in [0.1, 0.15) is 0 Å². The van der Waals surface area contributed by atoms with Crippen LogP contribution in [-0.2, 0) is 0 Å². The minimum Gasteiger partial charge on any atom is -0.487 e. The molecule has 0 saturated carbocycles. The summed E-state index contributed by atoms with van der Waals surface area (Å²) >= 11 is 0. The molecular weight excluding hydrogens is 310 g/mol. The minimum atomic E-state index is -0.525. The predicted molar refractivity (Wildman–Crippen MR) is 84.9 cm³/mol. The highest BCUT2D eigenvalue weighted by Crippen LogP contribution is 2.28. The van der Waals surface area contributed by atoms with Crippen molar-refractivity contribution in [2.75, 3.05) is 26.2 Å². The third-order valence-corrected chi connectivity index (χ3v) is 3.46. The van der Waals surface area contributed by atoms with E-state index in [4.69, 9.17) is 4.74 Å². The van der Waals surface area contributed by atoms with Crippen LogP contribution in [-0.4, -0.2) is 48.0 Å². The summed E-state index contributed by atoms with van der Waals surface area (Å²) in [5, 5.41) is 14.3. The van der Waals surface area contributed by atoms with Gasteiger partial charge >= 0.3 is 5.69 Å². The summed E-state index contributed by atoms with van der Waals surface area (Å²) in [5.41, 5.74) is 0.143. The van der Waals surface area contributed by atoms with Gasteiger partial charge in [-0.05, 0) is 26.0 Å². The molecule has 1 aliphatic heterocycles. The van der Waals surface area contributed by atoms with Gasteiger partial charge in [0.05, 0.1) is 11.5 Å². The molecule has 8 heteroatoms. The van der Waals surface area contributed by atoms with E-state index < -0.39 is 4.92 Å². The normalized spacial score (nSPS) is 17.5. The second-order valence-corrected chi connectivity index (χ2v) is 4.92. The Bertz CT molecular complexity index is 553.